The molecule has 0 aromatic heterocycles. The molecule has 0 radical (unpaired) electrons. The van der Waals surface area contributed by atoms with Gasteiger partial charge >= 0.3 is 5.97 Å². The lowest BCUT2D eigenvalue weighted by atomic mass is 9.94. The number of nitrogens with zero attached hydrogens (tertiary/aromatic N) is 2. The molecule has 2 heterocycles. The predicted octanol–water partition coefficient (Wildman–Crippen LogP) is 4.05. The molecule has 0 bridgehead atoms. The maximum Gasteiger partial charge on any atom is 0.338 e. The number of thioether (sulfide) groups is 1. The first-order valence-corrected chi connectivity index (χ1v) is 9.72. The summed E-state index contributed by atoms with van der Waals surface area (Å²) in [5.41, 5.74) is 1.87. The maximum atomic E-state index is 12.7. The number of hydrogen-bond acceptors (Lipinski definition) is 5. The summed E-state index contributed by atoms with van der Waals surface area (Å²) in [6.07, 6.45) is -0.244. The summed E-state index contributed by atoms with van der Waals surface area (Å²) in [7, 11) is 0. The lowest BCUT2D eigenvalue weighted by Gasteiger charge is -2.33. The van der Waals surface area contributed by atoms with Gasteiger partial charge in [0, 0.05) is 4.47 Å². The van der Waals surface area contributed by atoms with E-state index in [4.69, 9.17) is 4.74 Å². The number of ether oxygens (including phenoxy) is 1. The van der Waals surface area contributed by atoms with Crippen LogP contribution in [0.25, 0.3) is 0 Å². The number of amidine groups is 1. The molecular weight excluding hydrogens is 404 g/mol. The van der Waals surface area contributed by atoms with E-state index in [1.807, 2.05) is 31.2 Å². The summed E-state index contributed by atoms with van der Waals surface area (Å²) in [6.45, 7) is 7.26. The highest BCUT2D eigenvalue weighted by Gasteiger charge is 2.46. The molecule has 1 saturated heterocycles. The van der Waals surface area contributed by atoms with Crippen molar-refractivity contribution < 1.29 is 14.3 Å². The minimum Gasteiger partial charge on any atom is -0.459 e. The standard InChI is InChI=1S/C18H19BrN2O3S/c1-9(2)24-17(23)14-10(3)20-18-21(16(22)11(4)25-18)15(14)12-5-7-13(19)8-6-12/h5-9,11,15H,1-4H3/t11-,15-/m1/s1. The molecule has 1 amide bonds. The lowest BCUT2D eigenvalue weighted by Crippen LogP contribution is -2.40. The van der Waals surface area contributed by atoms with Crippen LogP contribution in [0.3, 0.4) is 0 Å². The zero-order chi connectivity index (χ0) is 18.3. The van der Waals surface area contributed by atoms with Gasteiger partial charge in [-0.05, 0) is 45.4 Å². The Balaban J connectivity index is 2.12. The Morgan fingerprint density at radius 2 is 1.96 bits per heavy atom. The van der Waals surface area contributed by atoms with Crippen molar-refractivity contribution in [3.05, 3.63) is 45.6 Å². The van der Waals surface area contributed by atoms with Crippen LogP contribution < -0.4 is 0 Å². The topological polar surface area (TPSA) is 59.0 Å². The fourth-order valence-corrected chi connectivity index (χ4v) is 4.20. The Bertz CT molecular complexity index is 786. The van der Waals surface area contributed by atoms with Gasteiger partial charge in [0.15, 0.2) is 5.17 Å². The molecule has 1 fully saturated rings. The average Bonchev–Trinajstić information content (AvgIpc) is 2.80. The van der Waals surface area contributed by atoms with Gasteiger partial charge in [-0.15, -0.1) is 0 Å². The monoisotopic (exact) mass is 422 g/mol. The second-order valence-electron chi connectivity index (χ2n) is 6.27. The van der Waals surface area contributed by atoms with Crippen molar-refractivity contribution in [3.63, 3.8) is 0 Å². The summed E-state index contributed by atoms with van der Waals surface area (Å²) in [5, 5.41) is 0.425. The van der Waals surface area contributed by atoms with Crippen LogP contribution in [0.4, 0.5) is 0 Å². The van der Waals surface area contributed by atoms with Crippen LogP contribution in [0.1, 0.15) is 39.3 Å². The number of carbonyl (C=O) groups excluding carboxylic acids is 2. The van der Waals surface area contributed by atoms with Gasteiger partial charge in [0.1, 0.15) is 0 Å². The van der Waals surface area contributed by atoms with E-state index in [2.05, 4.69) is 20.9 Å². The molecule has 1 aromatic rings. The summed E-state index contributed by atoms with van der Waals surface area (Å²) in [5.74, 6) is -0.473. The van der Waals surface area contributed by atoms with E-state index in [0.717, 1.165) is 10.0 Å². The quantitative estimate of drug-likeness (QED) is 0.689. The van der Waals surface area contributed by atoms with Gasteiger partial charge < -0.3 is 4.74 Å². The number of benzene rings is 1. The molecule has 2 atom stereocenters. The van der Waals surface area contributed by atoms with Crippen molar-refractivity contribution in [1.82, 2.24) is 4.90 Å². The van der Waals surface area contributed by atoms with E-state index in [9.17, 15) is 9.59 Å². The van der Waals surface area contributed by atoms with Gasteiger partial charge in [-0.25, -0.2) is 9.79 Å². The smallest absolute Gasteiger partial charge is 0.338 e. The molecule has 3 rings (SSSR count). The molecule has 0 saturated carbocycles. The van der Waals surface area contributed by atoms with E-state index in [0.29, 0.717) is 16.4 Å². The van der Waals surface area contributed by atoms with Gasteiger partial charge in [-0.2, -0.15) is 0 Å². The van der Waals surface area contributed by atoms with Crippen LogP contribution in [-0.2, 0) is 14.3 Å². The lowest BCUT2D eigenvalue weighted by molar-refractivity contribution is -0.143. The van der Waals surface area contributed by atoms with Gasteiger partial charge in [-0.3, -0.25) is 9.69 Å². The molecule has 5 nitrogen and oxygen atoms in total. The Morgan fingerprint density at radius 1 is 1.32 bits per heavy atom. The molecule has 7 heteroatoms. The third kappa shape index (κ3) is 3.40. The number of aliphatic imine (C=N–C) groups is 1. The molecule has 0 N–H and O–H groups in total. The van der Waals surface area contributed by atoms with Crippen LogP contribution in [0.2, 0.25) is 0 Å². The minimum absolute atomic E-state index is 0.0426. The zero-order valence-corrected chi connectivity index (χ0v) is 16.8. The van der Waals surface area contributed by atoms with Crippen LogP contribution in [0, 0.1) is 0 Å². The fourth-order valence-electron chi connectivity index (χ4n) is 2.90. The summed E-state index contributed by atoms with van der Waals surface area (Å²) >= 11 is 4.85. The summed E-state index contributed by atoms with van der Waals surface area (Å²) in [4.78, 5) is 31.6. The molecule has 132 valence electrons. The second-order valence-corrected chi connectivity index (χ2v) is 8.49. The normalized spacial score (nSPS) is 23.0. The highest BCUT2D eigenvalue weighted by Crippen LogP contribution is 2.43. The van der Waals surface area contributed by atoms with E-state index in [1.54, 1.807) is 25.7 Å². The highest BCUT2D eigenvalue weighted by atomic mass is 79.9. The van der Waals surface area contributed by atoms with E-state index < -0.39 is 12.0 Å². The van der Waals surface area contributed by atoms with Crippen molar-refractivity contribution in [2.75, 3.05) is 0 Å². The van der Waals surface area contributed by atoms with Crippen molar-refractivity contribution in [1.29, 1.82) is 0 Å². The Kier molecular flexibility index (Phi) is 5.06. The zero-order valence-electron chi connectivity index (χ0n) is 14.4. The number of carbonyl (C=O) groups is 2. The van der Waals surface area contributed by atoms with Gasteiger partial charge in [-0.1, -0.05) is 39.8 Å². The summed E-state index contributed by atoms with van der Waals surface area (Å²) in [6, 6.07) is 7.11. The number of esters is 1. The third-order valence-electron chi connectivity index (χ3n) is 4.01. The first-order valence-electron chi connectivity index (χ1n) is 8.05. The van der Waals surface area contributed by atoms with Crippen LogP contribution in [-0.4, -0.2) is 33.3 Å². The highest BCUT2D eigenvalue weighted by molar-refractivity contribution is 9.10. The number of amides is 1. The van der Waals surface area contributed by atoms with Crippen molar-refractivity contribution >= 4 is 44.7 Å². The molecule has 25 heavy (non-hydrogen) atoms. The van der Waals surface area contributed by atoms with E-state index >= 15 is 0 Å². The Morgan fingerprint density at radius 3 is 2.56 bits per heavy atom. The van der Waals surface area contributed by atoms with Gasteiger partial charge in [0.25, 0.3) is 0 Å². The maximum absolute atomic E-state index is 12.7. The molecule has 2 aliphatic heterocycles. The van der Waals surface area contributed by atoms with Crippen molar-refractivity contribution in [3.8, 4) is 0 Å². The second kappa shape index (κ2) is 6.96. The Hall–Kier alpha value is -1.60. The first-order chi connectivity index (χ1) is 11.8. The average molecular weight is 423 g/mol. The molecular formula is C18H19BrN2O3S. The SMILES string of the molecule is CC1=C(C(=O)OC(C)C)[C@@H](c2ccc(Br)cc2)N2C(=O)[C@@H](C)SC2=N1. The minimum atomic E-state index is -0.517. The number of rotatable bonds is 3. The fraction of sp³-hybridized carbons (Fsp3) is 0.389. The van der Waals surface area contributed by atoms with Gasteiger partial charge in [0.05, 0.1) is 28.7 Å². The summed E-state index contributed by atoms with van der Waals surface area (Å²) < 4.78 is 6.36. The molecule has 0 aliphatic carbocycles. The number of allylic oxidation sites excluding steroid dienone is 1. The molecule has 1 aromatic carbocycles. The van der Waals surface area contributed by atoms with Gasteiger partial charge in [0.2, 0.25) is 5.91 Å². The Labute approximate surface area is 159 Å². The predicted molar refractivity (Wildman–Crippen MR) is 102 cm³/mol. The van der Waals surface area contributed by atoms with Crippen molar-refractivity contribution in [2.45, 2.75) is 45.1 Å². The van der Waals surface area contributed by atoms with E-state index in [-0.39, 0.29) is 17.3 Å². The largest absolute Gasteiger partial charge is 0.459 e. The number of fused-ring (bicyclic) bond motifs is 1. The van der Waals surface area contributed by atoms with Crippen LogP contribution >= 0.6 is 27.7 Å². The molecule has 2 aliphatic rings. The molecule has 0 spiro atoms. The van der Waals surface area contributed by atoms with Crippen LogP contribution in [0.5, 0.6) is 0 Å². The number of hydrogen-bond donors (Lipinski definition) is 0. The third-order valence-corrected chi connectivity index (χ3v) is 5.59. The van der Waals surface area contributed by atoms with Crippen LogP contribution in [0.15, 0.2) is 45.0 Å². The van der Waals surface area contributed by atoms with Crippen molar-refractivity contribution in [2.24, 2.45) is 4.99 Å². The molecule has 0 unspecified atom stereocenters. The first kappa shape index (κ1) is 18.2. The van der Waals surface area contributed by atoms with E-state index in [1.165, 1.54) is 11.8 Å². The number of halogens is 1.